The molecule has 1 unspecified atom stereocenters. The third-order valence-electron chi connectivity index (χ3n) is 2.15. The van der Waals surface area contributed by atoms with Gasteiger partial charge in [-0.25, -0.2) is 0 Å². The van der Waals surface area contributed by atoms with Crippen LogP contribution in [0.25, 0.3) is 0 Å². The molecule has 0 aromatic carbocycles. The van der Waals surface area contributed by atoms with E-state index in [-0.39, 0.29) is 18.6 Å². The molecule has 0 aromatic heterocycles. The lowest BCUT2D eigenvalue weighted by atomic mass is 10.1. The Labute approximate surface area is 98.4 Å². The van der Waals surface area contributed by atoms with E-state index in [0.29, 0.717) is 19.1 Å². The van der Waals surface area contributed by atoms with Gasteiger partial charge in [0.05, 0.1) is 19.3 Å². The van der Waals surface area contributed by atoms with Gasteiger partial charge in [-0.05, 0) is 18.8 Å². The summed E-state index contributed by atoms with van der Waals surface area (Å²) >= 11 is 0. The fraction of sp³-hybridized carbons (Fsp3) is 0.917. The normalized spacial score (nSPS) is 12.8. The summed E-state index contributed by atoms with van der Waals surface area (Å²) in [6.07, 6.45) is 2.29. The molecule has 0 fully saturated rings. The highest BCUT2D eigenvalue weighted by atomic mass is 16.5. The maximum Gasteiger partial charge on any atom is 0.319 e. The van der Waals surface area contributed by atoms with Crippen molar-refractivity contribution >= 4 is 5.97 Å². The van der Waals surface area contributed by atoms with Gasteiger partial charge in [0.15, 0.2) is 0 Å². The highest BCUT2D eigenvalue weighted by molar-refractivity contribution is 5.71. The Balaban J connectivity index is 3.39. The Hall–Kier alpha value is -0.610. The lowest BCUT2D eigenvalue weighted by Crippen LogP contribution is -2.32. The van der Waals surface area contributed by atoms with Crippen LogP contribution in [-0.4, -0.2) is 36.9 Å². The number of aliphatic hydroxyl groups excluding tert-OH is 1. The molecule has 4 heteroatoms. The molecule has 0 aliphatic rings. The summed E-state index contributed by atoms with van der Waals surface area (Å²) < 4.78 is 4.96. The van der Waals surface area contributed by atoms with E-state index >= 15 is 0 Å². The average Bonchev–Trinajstić information content (AvgIpc) is 2.17. The minimum absolute atomic E-state index is 0.179. The van der Waals surface area contributed by atoms with E-state index in [0.717, 1.165) is 19.3 Å². The number of nitrogens with one attached hydrogen (secondary N) is 1. The van der Waals surface area contributed by atoms with Gasteiger partial charge in [0.1, 0.15) is 0 Å². The number of unbranched alkanes of at least 4 members (excludes halogenated alkanes) is 1. The van der Waals surface area contributed by atoms with Crippen molar-refractivity contribution < 1.29 is 14.6 Å². The fourth-order valence-corrected chi connectivity index (χ4v) is 1.35. The first-order chi connectivity index (χ1) is 7.56. The lowest BCUT2D eigenvalue weighted by molar-refractivity contribution is -0.142. The van der Waals surface area contributed by atoms with Crippen molar-refractivity contribution in [3.63, 3.8) is 0 Å². The first-order valence-electron chi connectivity index (χ1n) is 6.10. The van der Waals surface area contributed by atoms with Crippen LogP contribution in [0, 0.1) is 5.92 Å². The Bertz CT molecular complexity index is 183. The van der Waals surface area contributed by atoms with Gasteiger partial charge in [-0.3, -0.25) is 4.79 Å². The van der Waals surface area contributed by atoms with Crippen LogP contribution in [0.5, 0.6) is 0 Å². The van der Waals surface area contributed by atoms with Crippen molar-refractivity contribution in [3.8, 4) is 0 Å². The van der Waals surface area contributed by atoms with Gasteiger partial charge in [0, 0.05) is 6.54 Å². The van der Waals surface area contributed by atoms with E-state index in [1.54, 1.807) is 0 Å². The minimum atomic E-state index is -0.386. The molecule has 16 heavy (non-hydrogen) atoms. The van der Waals surface area contributed by atoms with Crippen LogP contribution >= 0.6 is 0 Å². The summed E-state index contributed by atoms with van der Waals surface area (Å²) in [5.41, 5.74) is 0. The molecule has 0 aliphatic heterocycles. The molecule has 0 bridgehead atoms. The molecule has 0 saturated heterocycles. The molecule has 0 rings (SSSR count). The van der Waals surface area contributed by atoms with Crippen molar-refractivity contribution in [3.05, 3.63) is 0 Å². The van der Waals surface area contributed by atoms with Crippen molar-refractivity contribution in [2.45, 2.75) is 46.1 Å². The molecule has 2 N–H and O–H groups in total. The molecule has 1 atom stereocenters. The van der Waals surface area contributed by atoms with Gasteiger partial charge < -0.3 is 15.2 Å². The van der Waals surface area contributed by atoms with Gasteiger partial charge in [-0.15, -0.1) is 0 Å². The molecule has 4 nitrogen and oxygen atoms in total. The van der Waals surface area contributed by atoms with E-state index in [1.807, 2.05) is 6.92 Å². The first-order valence-corrected chi connectivity index (χ1v) is 6.10. The summed E-state index contributed by atoms with van der Waals surface area (Å²) in [5, 5.41) is 12.4. The van der Waals surface area contributed by atoms with Crippen molar-refractivity contribution in [1.82, 2.24) is 5.32 Å². The number of ether oxygens (including phenoxy) is 1. The summed E-state index contributed by atoms with van der Waals surface area (Å²) in [6.45, 7) is 7.28. The zero-order valence-corrected chi connectivity index (χ0v) is 10.7. The lowest BCUT2D eigenvalue weighted by Gasteiger charge is -2.13. The maximum atomic E-state index is 11.2. The standard InChI is InChI=1S/C12H25NO3/c1-4-5-6-16-12(15)9-13-8-11(14)7-10(2)3/h10-11,13-14H,4-9H2,1-3H3. The van der Waals surface area contributed by atoms with Crippen LogP contribution < -0.4 is 5.32 Å². The van der Waals surface area contributed by atoms with Gasteiger partial charge >= 0.3 is 5.97 Å². The van der Waals surface area contributed by atoms with Crippen LogP contribution in [-0.2, 0) is 9.53 Å². The maximum absolute atomic E-state index is 11.2. The van der Waals surface area contributed by atoms with E-state index < -0.39 is 0 Å². The molecular formula is C12H25NO3. The average molecular weight is 231 g/mol. The topological polar surface area (TPSA) is 58.6 Å². The zero-order chi connectivity index (χ0) is 12.4. The van der Waals surface area contributed by atoms with Crippen LogP contribution in [0.1, 0.15) is 40.0 Å². The van der Waals surface area contributed by atoms with Crippen LogP contribution in [0.2, 0.25) is 0 Å². The molecular weight excluding hydrogens is 206 g/mol. The molecule has 0 heterocycles. The van der Waals surface area contributed by atoms with Crippen molar-refractivity contribution in [2.75, 3.05) is 19.7 Å². The smallest absolute Gasteiger partial charge is 0.319 e. The van der Waals surface area contributed by atoms with Crippen LogP contribution in [0.4, 0.5) is 0 Å². The molecule has 0 spiro atoms. The summed E-state index contributed by atoms with van der Waals surface area (Å²) in [4.78, 5) is 11.2. The van der Waals surface area contributed by atoms with E-state index in [9.17, 15) is 9.90 Å². The second-order valence-electron chi connectivity index (χ2n) is 4.49. The number of rotatable bonds is 9. The third-order valence-corrected chi connectivity index (χ3v) is 2.15. The Kier molecular flexibility index (Phi) is 9.24. The van der Waals surface area contributed by atoms with Gasteiger partial charge in [0.25, 0.3) is 0 Å². The number of esters is 1. The third kappa shape index (κ3) is 9.93. The molecule has 96 valence electrons. The second kappa shape index (κ2) is 9.60. The van der Waals surface area contributed by atoms with Gasteiger partial charge in [-0.1, -0.05) is 27.2 Å². The number of aliphatic hydroxyl groups is 1. The monoisotopic (exact) mass is 231 g/mol. The number of hydrogen-bond donors (Lipinski definition) is 2. The van der Waals surface area contributed by atoms with Gasteiger partial charge in [-0.2, -0.15) is 0 Å². The number of carbonyl (C=O) groups is 1. The molecule has 0 radical (unpaired) electrons. The van der Waals surface area contributed by atoms with E-state index in [4.69, 9.17) is 4.74 Å². The summed E-state index contributed by atoms with van der Waals surface area (Å²) in [7, 11) is 0. The highest BCUT2D eigenvalue weighted by Crippen LogP contribution is 2.02. The Morgan fingerprint density at radius 2 is 2.12 bits per heavy atom. The molecule has 0 saturated carbocycles. The van der Waals surface area contributed by atoms with Crippen LogP contribution in [0.15, 0.2) is 0 Å². The van der Waals surface area contributed by atoms with Crippen molar-refractivity contribution in [1.29, 1.82) is 0 Å². The van der Waals surface area contributed by atoms with Gasteiger partial charge in [0.2, 0.25) is 0 Å². The summed E-state index contributed by atoms with van der Waals surface area (Å²) in [5.74, 6) is 0.221. The van der Waals surface area contributed by atoms with Crippen molar-refractivity contribution in [2.24, 2.45) is 5.92 Å². The quantitative estimate of drug-likeness (QED) is 0.464. The predicted molar refractivity (Wildman–Crippen MR) is 64.2 cm³/mol. The Morgan fingerprint density at radius 1 is 1.44 bits per heavy atom. The minimum Gasteiger partial charge on any atom is -0.465 e. The first kappa shape index (κ1) is 15.4. The molecule has 0 aliphatic carbocycles. The number of hydrogen-bond acceptors (Lipinski definition) is 4. The number of carbonyl (C=O) groups excluding carboxylic acids is 1. The summed E-state index contributed by atoms with van der Waals surface area (Å²) in [6, 6.07) is 0. The van der Waals surface area contributed by atoms with E-state index in [2.05, 4.69) is 19.2 Å². The van der Waals surface area contributed by atoms with E-state index in [1.165, 1.54) is 0 Å². The highest BCUT2D eigenvalue weighted by Gasteiger charge is 2.08. The zero-order valence-electron chi connectivity index (χ0n) is 10.7. The SMILES string of the molecule is CCCCOC(=O)CNCC(O)CC(C)C. The molecule has 0 aromatic rings. The fourth-order valence-electron chi connectivity index (χ4n) is 1.35. The molecule has 0 amide bonds. The second-order valence-corrected chi connectivity index (χ2v) is 4.49. The predicted octanol–water partition coefficient (Wildman–Crippen LogP) is 1.33. The van der Waals surface area contributed by atoms with Crippen LogP contribution in [0.3, 0.4) is 0 Å². The largest absolute Gasteiger partial charge is 0.465 e. The Morgan fingerprint density at radius 3 is 2.69 bits per heavy atom.